The molecule has 2 aromatic rings. The standard InChI is InChI=1S/C22H17F12O2P/c1-16(2,3)37(14-10-6-4-8-12(14)17(35-37,19(23,24)25)20(26,27)28)15-11-7-5-9-13(15)18(36-37,21(29,30)31)22(32,33)34/h4-11H,1-3H3. The molecule has 0 fully saturated rings. The molecule has 206 valence electrons. The summed E-state index contributed by atoms with van der Waals surface area (Å²) in [5.41, 5.74) is -13.9. The van der Waals surface area contributed by atoms with Crippen LogP contribution in [0.25, 0.3) is 0 Å². The molecule has 1 spiro atoms. The van der Waals surface area contributed by atoms with Gasteiger partial charge in [0, 0.05) is 0 Å². The summed E-state index contributed by atoms with van der Waals surface area (Å²) in [6, 6.07) is 5.18. The van der Waals surface area contributed by atoms with E-state index in [9.17, 15) is 52.7 Å². The zero-order valence-electron chi connectivity index (χ0n) is 18.9. The summed E-state index contributed by atoms with van der Waals surface area (Å²) in [4.78, 5) is 0. The molecule has 0 radical (unpaired) electrons. The van der Waals surface area contributed by atoms with Crippen LogP contribution in [-0.2, 0) is 20.2 Å². The third-order valence-corrected chi connectivity index (χ3v) is 13.1. The number of hydrogen-bond acceptors (Lipinski definition) is 2. The monoisotopic (exact) mass is 572 g/mol. The second kappa shape index (κ2) is 7.12. The van der Waals surface area contributed by atoms with Gasteiger partial charge in [0.05, 0.1) is 0 Å². The van der Waals surface area contributed by atoms with Crippen molar-refractivity contribution in [3.63, 3.8) is 0 Å². The summed E-state index contributed by atoms with van der Waals surface area (Å²) in [6.07, 6.45) is -25.5. The van der Waals surface area contributed by atoms with Crippen molar-refractivity contribution in [2.45, 2.75) is 61.8 Å². The normalized spacial score (nSPS) is 23.3. The van der Waals surface area contributed by atoms with Crippen molar-refractivity contribution in [2.75, 3.05) is 0 Å². The summed E-state index contributed by atoms with van der Waals surface area (Å²) < 4.78 is 184. The predicted molar refractivity (Wildman–Crippen MR) is 109 cm³/mol. The number of hydrogen-bond donors (Lipinski definition) is 0. The first kappa shape index (κ1) is 28.0. The Morgan fingerprint density at radius 3 is 1.03 bits per heavy atom. The van der Waals surface area contributed by atoms with Crippen LogP contribution in [0.1, 0.15) is 31.9 Å². The van der Waals surface area contributed by atoms with Crippen LogP contribution in [0.3, 0.4) is 0 Å². The third-order valence-electron chi connectivity index (χ3n) is 6.88. The Morgan fingerprint density at radius 2 is 0.784 bits per heavy atom. The molecule has 0 atom stereocenters. The van der Waals surface area contributed by atoms with Gasteiger partial charge in [-0.3, -0.25) is 0 Å². The molecule has 15 heteroatoms. The van der Waals surface area contributed by atoms with E-state index in [1.807, 2.05) is 0 Å². The molecular formula is C22H17F12O2P. The maximum absolute atomic E-state index is 14.5. The van der Waals surface area contributed by atoms with Crippen LogP contribution >= 0.6 is 7.06 Å². The molecule has 2 aromatic carbocycles. The summed E-state index contributed by atoms with van der Waals surface area (Å²) in [7, 11) is -6.69. The van der Waals surface area contributed by atoms with Gasteiger partial charge in [-0.15, -0.1) is 0 Å². The van der Waals surface area contributed by atoms with Gasteiger partial charge in [0.2, 0.25) is 0 Å². The number of fused-ring (bicyclic) bond motifs is 4. The van der Waals surface area contributed by atoms with Gasteiger partial charge in [-0.05, 0) is 0 Å². The molecule has 0 N–H and O–H groups in total. The molecule has 0 aromatic heterocycles. The molecule has 0 aliphatic carbocycles. The number of rotatable bonds is 0. The molecule has 37 heavy (non-hydrogen) atoms. The summed E-state index contributed by atoms with van der Waals surface area (Å²) in [6.45, 7) is 2.68. The fourth-order valence-corrected chi connectivity index (χ4v) is 11.7. The minimum absolute atomic E-state index is 0.330. The molecule has 0 saturated carbocycles. The Hall–Kier alpha value is -2.05. The molecule has 4 rings (SSSR count). The Balaban J connectivity index is 2.36. The van der Waals surface area contributed by atoms with E-state index in [-0.39, 0.29) is 0 Å². The van der Waals surface area contributed by atoms with Crippen molar-refractivity contribution in [1.82, 2.24) is 0 Å². The summed E-state index contributed by atoms with van der Waals surface area (Å²) in [5, 5.41) is -4.62. The van der Waals surface area contributed by atoms with E-state index in [0.717, 1.165) is 45.0 Å². The van der Waals surface area contributed by atoms with Gasteiger partial charge in [0.1, 0.15) is 0 Å². The molecule has 0 unspecified atom stereocenters. The quantitative estimate of drug-likeness (QED) is 0.240. The van der Waals surface area contributed by atoms with Gasteiger partial charge in [-0.2, -0.15) is 0 Å². The first-order valence-electron chi connectivity index (χ1n) is 10.4. The Labute approximate surface area is 201 Å². The molecule has 2 nitrogen and oxygen atoms in total. The average Bonchev–Trinajstić information content (AvgIpc) is 3.17. The maximum atomic E-state index is 14.5. The zero-order valence-corrected chi connectivity index (χ0v) is 19.8. The zero-order chi connectivity index (χ0) is 28.3. The second-order valence-electron chi connectivity index (χ2n) is 9.70. The number of alkyl halides is 12. The van der Waals surface area contributed by atoms with Crippen LogP contribution < -0.4 is 10.6 Å². The van der Waals surface area contributed by atoms with Crippen molar-refractivity contribution in [3.05, 3.63) is 59.7 Å². The van der Waals surface area contributed by atoms with Crippen LogP contribution in [0.15, 0.2) is 48.5 Å². The van der Waals surface area contributed by atoms with E-state index >= 15 is 0 Å². The van der Waals surface area contributed by atoms with Crippen molar-refractivity contribution in [1.29, 1.82) is 0 Å². The Bertz CT molecular complexity index is 1130. The first-order chi connectivity index (χ1) is 16.5. The van der Waals surface area contributed by atoms with Gasteiger partial charge >= 0.3 is 201 Å². The van der Waals surface area contributed by atoms with Crippen molar-refractivity contribution >= 4 is 17.7 Å². The fraction of sp³-hybridized carbons (Fsp3) is 0.455. The number of halogens is 12. The van der Waals surface area contributed by atoms with Crippen molar-refractivity contribution in [3.8, 4) is 0 Å². The minimum atomic E-state index is -6.69. The van der Waals surface area contributed by atoms with Gasteiger partial charge < -0.3 is 0 Å². The first-order valence-corrected chi connectivity index (χ1v) is 12.4. The Morgan fingerprint density at radius 1 is 0.514 bits per heavy atom. The van der Waals surface area contributed by atoms with Gasteiger partial charge in [-0.1, -0.05) is 0 Å². The summed E-state index contributed by atoms with van der Waals surface area (Å²) >= 11 is 0. The van der Waals surface area contributed by atoms with Crippen LogP contribution in [0.2, 0.25) is 0 Å². The van der Waals surface area contributed by atoms with Crippen molar-refractivity contribution in [2.24, 2.45) is 0 Å². The number of benzene rings is 2. The van der Waals surface area contributed by atoms with Gasteiger partial charge in [-0.25, -0.2) is 0 Å². The van der Waals surface area contributed by atoms with Gasteiger partial charge in [0.25, 0.3) is 0 Å². The molecule has 0 amide bonds. The van der Waals surface area contributed by atoms with E-state index in [4.69, 9.17) is 9.05 Å². The van der Waals surface area contributed by atoms with Crippen LogP contribution in [0, 0.1) is 0 Å². The molecule has 2 heterocycles. The Kier molecular flexibility index (Phi) is 5.38. The van der Waals surface area contributed by atoms with E-state index in [1.54, 1.807) is 0 Å². The van der Waals surface area contributed by atoms with E-state index < -0.39 is 69.9 Å². The SMILES string of the molecule is CC(C)(C)P12(OC(C(F)(F)F)(C(F)(F)F)c3ccccc31)OC(C(F)(F)F)(C(F)(F)F)c1ccccc12. The van der Waals surface area contributed by atoms with Gasteiger partial charge in [0.15, 0.2) is 0 Å². The molecule has 2 aliphatic heterocycles. The molecule has 0 saturated heterocycles. The predicted octanol–water partition coefficient (Wildman–Crippen LogP) is 7.52. The topological polar surface area (TPSA) is 18.5 Å². The average molecular weight is 572 g/mol. The van der Waals surface area contributed by atoms with E-state index in [2.05, 4.69) is 0 Å². The molecular weight excluding hydrogens is 555 g/mol. The van der Waals surface area contributed by atoms with E-state index in [0.29, 0.717) is 24.3 Å². The van der Waals surface area contributed by atoms with Crippen molar-refractivity contribution < 1.29 is 61.7 Å². The fourth-order valence-electron chi connectivity index (χ4n) is 5.35. The third kappa shape index (κ3) is 2.87. The van der Waals surface area contributed by atoms with Crippen LogP contribution in [0.4, 0.5) is 52.7 Å². The van der Waals surface area contributed by atoms with Crippen LogP contribution in [0.5, 0.6) is 0 Å². The summed E-state index contributed by atoms with van der Waals surface area (Å²) in [5.74, 6) is 0. The molecule has 0 bridgehead atoms. The molecule has 2 aliphatic rings. The van der Waals surface area contributed by atoms with E-state index in [1.165, 1.54) is 0 Å². The van der Waals surface area contributed by atoms with Crippen LogP contribution in [-0.4, -0.2) is 29.9 Å². The second-order valence-corrected chi connectivity index (χ2v) is 14.3.